The van der Waals surface area contributed by atoms with Gasteiger partial charge in [0.15, 0.2) is 0 Å². The van der Waals surface area contributed by atoms with Crippen LogP contribution in [0.15, 0.2) is 66.7 Å². The van der Waals surface area contributed by atoms with Gasteiger partial charge in [0.1, 0.15) is 9.49 Å². The van der Waals surface area contributed by atoms with E-state index in [9.17, 15) is 0 Å². The second kappa shape index (κ2) is 7.21. The maximum atomic E-state index is 2.51. The molecule has 2 atom stereocenters. The van der Waals surface area contributed by atoms with E-state index >= 15 is 0 Å². The highest BCUT2D eigenvalue weighted by molar-refractivity contribution is 9.36. The van der Waals surface area contributed by atoms with E-state index in [1.54, 1.807) is 0 Å². The summed E-state index contributed by atoms with van der Waals surface area (Å²) in [5.41, 5.74) is 7.55. The normalized spacial score (nSPS) is 28.8. The monoisotopic (exact) mass is 554 g/mol. The molecule has 2 fully saturated rings. The second-order valence-electron chi connectivity index (χ2n) is 8.97. The Bertz CT molecular complexity index is 1430. The fourth-order valence-corrected chi connectivity index (χ4v) is 21.1. The van der Waals surface area contributed by atoms with Crippen LogP contribution >= 0.6 is 74.6 Å². The van der Waals surface area contributed by atoms with E-state index in [0.29, 0.717) is 0 Å². The van der Waals surface area contributed by atoms with Crippen LogP contribution in [-0.2, 0) is 13.6 Å². The Balaban J connectivity index is 1.55. The zero-order valence-corrected chi connectivity index (χ0v) is 23.3. The Morgan fingerprint density at radius 2 is 1.12 bits per heavy atom. The molecule has 0 N–H and O–H groups in total. The van der Waals surface area contributed by atoms with Gasteiger partial charge in [-0.3, -0.25) is 0 Å². The predicted octanol–water partition coefficient (Wildman–Crippen LogP) is 9.80. The highest BCUT2D eigenvalue weighted by Crippen LogP contribution is 2.82. The van der Waals surface area contributed by atoms with Crippen molar-refractivity contribution in [1.82, 2.24) is 0 Å². The lowest BCUT2D eigenvalue weighted by Gasteiger charge is -2.40. The van der Waals surface area contributed by atoms with Crippen LogP contribution in [0.2, 0.25) is 0 Å². The van der Waals surface area contributed by atoms with Gasteiger partial charge in [0.25, 0.3) is 0 Å². The molecule has 0 radical (unpaired) electrons. The molecule has 0 nitrogen and oxygen atoms in total. The molecular weight excluding hydrogens is 537 g/mol. The minimum absolute atomic E-state index is 0.112. The Morgan fingerprint density at radius 3 is 1.79 bits per heavy atom. The van der Waals surface area contributed by atoms with E-state index in [2.05, 4.69) is 119 Å². The summed E-state index contributed by atoms with van der Waals surface area (Å²) in [6.07, 6.45) is 0. The van der Waals surface area contributed by atoms with E-state index in [1.807, 2.05) is 29.5 Å². The molecule has 7 heteroatoms. The van der Waals surface area contributed by atoms with Crippen molar-refractivity contribution in [1.29, 1.82) is 0 Å². The SMILES string of the molecule is CC1(c2ccc3c4c(cccc24)[C@]24SSSSS[C@]32c2cccc3cccc4c23)SCCS1. The Labute approximate surface area is 220 Å². The minimum atomic E-state index is -0.112. The molecule has 2 aliphatic carbocycles. The summed E-state index contributed by atoms with van der Waals surface area (Å²) in [6.45, 7) is 2.44. The number of hydrogen-bond acceptors (Lipinski definition) is 7. The van der Waals surface area contributed by atoms with Crippen molar-refractivity contribution in [3.8, 4) is 0 Å². The quantitative estimate of drug-likeness (QED) is 0.212. The van der Waals surface area contributed by atoms with Crippen LogP contribution in [-0.4, -0.2) is 11.5 Å². The molecule has 0 saturated carbocycles. The lowest BCUT2D eigenvalue weighted by molar-refractivity contribution is 0.655. The van der Waals surface area contributed by atoms with Gasteiger partial charge in [-0.2, -0.15) is 0 Å². The summed E-state index contributed by atoms with van der Waals surface area (Å²) < 4.78 is -0.0808. The number of thioether (sulfide) groups is 2. The molecule has 2 saturated heterocycles. The molecule has 33 heavy (non-hydrogen) atoms. The van der Waals surface area contributed by atoms with Gasteiger partial charge in [0, 0.05) is 11.5 Å². The number of rotatable bonds is 1. The maximum Gasteiger partial charge on any atom is 0.102 e. The predicted molar refractivity (Wildman–Crippen MR) is 160 cm³/mol. The van der Waals surface area contributed by atoms with Gasteiger partial charge in [-0.25, -0.2) is 0 Å². The first-order valence-corrected chi connectivity index (χ1v) is 19.1. The number of benzene rings is 4. The molecule has 0 unspecified atom stereocenters. The van der Waals surface area contributed by atoms with Crippen molar-refractivity contribution in [2.75, 3.05) is 11.5 Å². The number of hydrogen-bond donors (Lipinski definition) is 0. The molecule has 2 aliphatic heterocycles. The van der Waals surface area contributed by atoms with Gasteiger partial charge in [-0.15, -0.1) is 23.5 Å². The van der Waals surface area contributed by atoms with E-state index in [0.717, 1.165) is 0 Å². The molecule has 4 aromatic carbocycles. The largest absolute Gasteiger partial charge is 0.139 e. The first-order chi connectivity index (χ1) is 16.2. The van der Waals surface area contributed by atoms with Crippen LogP contribution in [0.1, 0.15) is 34.7 Å². The molecule has 4 aromatic rings. The van der Waals surface area contributed by atoms with Crippen molar-refractivity contribution < 1.29 is 0 Å². The van der Waals surface area contributed by atoms with Crippen molar-refractivity contribution >= 4 is 96.1 Å². The van der Waals surface area contributed by atoms with E-state index in [-0.39, 0.29) is 13.6 Å². The Hall–Kier alpha value is -0.150. The standard InChI is InChI=1S/C26H18S7/c1-24(27-13-14-28-24)17-11-12-21-23-16(17)7-4-10-20(23)25-18-8-2-5-15-6-3-9-19(22(15)18)26(21,25)30-32-33-31-29-25/h2-12H,13-14H2,1H3/t25-,26+/m0/s1. The summed E-state index contributed by atoms with van der Waals surface area (Å²) in [6, 6.07) is 26.1. The summed E-state index contributed by atoms with van der Waals surface area (Å²) in [4.78, 5) is 0. The average molecular weight is 555 g/mol. The summed E-state index contributed by atoms with van der Waals surface area (Å²) in [5.74, 6) is 2.48. The molecule has 8 rings (SSSR count). The third kappa shape index (κ3) is 2.40. The van der Waals surface area contributed by atoms with Gasteiger partial charge in [-0.05, 0) is 85.8 Å². The molecule has 2 heterocycles. The van der Waals surface area contributed by atoms with Gasteiger partial charge in [-0.1, -0.05) is 88.3 Å². The van der Waals surface area contributed by atoms with Crippen LogP contribution in [0.3, 0.4) is 0 Å². The van der Waals surface area contributed by atoms with Crippen molar-refractivity contribution in [2.45, 2.75) is 20.5 Å². The fraction of sp³-hybridized carbons (Fsp3) is 0.231. The zero-order valence-electron chi connectivity index (χ0n) is 17.6. The zero-order chi connectivity index (χ0) is 21.8. The van der Waals surface area contributed by atoms with E-state index in [1.165, 1.54) is 60.9 Å². The van der Waals surface area contributed by atoms with E-state index < -0.39 is 0 Å². The highest BCUT2D eigenvalue weighted by Gasteiger charge is 2.67. The third-order valence-corrected chi connectivity index (χ3v) is 20.8. The van der Waals surface area contributed by atoms with Crippen LogP contribution in [0.25, 0.3) is 21.5 Å². The lowest BCUT2D eigenvalue weighted by Crippen LogP contribution is -2.37. The van der Waals surface area contributed by atoms with Gasteiger partial charge in [0.05, 0.1) is 4.08 Å². The first-order valence-electron chi connectivity index (χ1n) is 11.0. The fourth-order valence-electron chi connectivity index (χ4n) is 6.47. The minimum Gasteiger partial charge on any atom is -0.139 e. The summed E-state index contributed by atoms with van der Waals surface area (Å²) in [7, 11) is 10.0. The summed E-state index contributed by atoms with van der Waals surface area (Å²) >= 11 is 4.23. The molecule has 0 aromatic heterocycles. The lowest BCUT2D eigenvalue weighted by atomic mass is 9.85. The van der Waals surface area contributed by atoms with Gasteiger partial charge >= 0.3 is 0 Å². The Morgan fingerprint density at radius 1 is 0.576 bits per heavy atom. The molecule has 164 valence electrons. The molecule has 4 aliphatic rings. The molecule has 0 spiro atoms. The average Bonchev–Trinajstić information content (AvgIpc) is 3.40. The van der Waals surface area contributed by atoms with E-state index in [4.69, 9.17) is 0 Å². The van der Waals surface area contributed by atoms with Gasteiger partial charge in [0.2, 0.25) is 0 Å². The van der Waals surface area contributed by atoms with Crippen molar-refractivity contribution in [3.05, 3.63) is 94.5 Å². The summed E-state index contributed by atoms with van der Waals surface area (Å²) in [5, 5.41) is 5.84. The topological polar surface area (TPSA) is 0 Å². The van der Waals surface area contributed by atoms with Crippen molar-refractivity contribution in [2.24, 2.45) is 0 Å². The molecular formula is C26H18S7. The second-order valence-corrected chi connectivity index (χ2v) is 20.1. The molecule has 0 amide bonds. The maximum absolute atomic E-state index is 2.51. The van der Waals surface area contributed by atoms with Crippen LogP contribution < -0.4 is 0 Å². The van der Waals surface area contributed by atoms with Crippen LogP contribution in [0.4, 0.5) is 0 Å². The third-order valence-electron chi connectivity index (χ3n) is 7.66. The van der Waals surface area contributed by atoms with Crippen molar-refractivity contribution in [3.63, 3.8) is 0 Å². The first kappa shape index (κ1) is 21.0. The van der Waals surface area contributed by atoms with Crippen LogP contribution in [0, 0.1) is 0 Å². The van der Waals surface area contributed by atoms with Gasteiger partial charge < -0.3 is 0 Å². The molecule has 0 bridgehead atoms. The van der Waals surface area contributed by atoms with Crippen LogP contribution in [0.5, 0.6) is 0 Å². The highest BCUT2D eigenvalue weighted by atomic mass is 33.8. The Kier molecular flexibility index (Phi) is 4.58. The smallest absolute Gasteiger partial charge is 0.102 e.